The Morgan fingerprint density at radius 1 is 1.07 bits per heavy atom. The van der Waals surface area contributed by atoms with E-state index in [2.05, 4.69) is 4.74 Å². The lowest BCUT2D eigenvalue weighted by Gasteiger charge is -2.39. The Kier molecular flexibility index (Phi) is 6.46. The van der Waals surface area contributed by atoms with Gasteiger partial charge >= 0.3 is 5.97 Å². The van der Waals surface area contributed by atoms with E-state index in [4.69, 9.17) is 9.47 Å². The quantitative estimate of drug-likeness (QED) is 0.526. The Bertz CT molecular complexity index is 871. The first-order valence-electron chi connectivity index (χ1n) is 8.81. The van der Waals surface area contributed by atoms with Crippen molar-refractivity contribution in [3.8, 4) is 16.9 Å². The molecule has 0 aromatic heterocycles. The molecule has 1 fully saturated rings. The molecule has 29 heavy (non-hydrogen) atoms. The number of methoxy groups -OCH3 is 1. The summed E-state index contributed by atoms with van der Waals surface area (Å²) in [6.07, 6.45) is -7.47. The first kappa shape index (κ1) is 21.2. The van der Waals surface area contributed by atoms with Gasteiger partial charge in [-0.05, 0) is 35.4 Å². The van der Waals surface area contributed by atoms with Crippen molar-refractivity contribution in [2.45, 2.75) is 30.7 Å². The molecule has 156 valence electrons. The molecule has 1 aliphatic heterocycles. The van der Waals surface area contributed by atoms with Crippen molar-refractivity contribution in [1.82, 2.24) is 0 Å². The molecule has 0 saturated carbocycles. The second-order valence-corrected chi connectivity index (χ2v) is 6.53. The maximum atomic E-state index is 14.6. The van der Waals surface area contributed by atoms with Crippen molar-refractivity contribution >= 4 is 5.97 Å². The zero-order chi connectivity index (χ0) is 21.1. The van der Waals surface area contributed by atoms with Crippen molar-refractivity contribution in [3.63, 3.8) is 0 Å². The van der Waals surface area contributed by atoms with E-state index >= 15 is 0 Å². The minimum absolute atomic E-state index is 0.262. The van der Waals surface area contributed by atoms with Crippen molar-refractivity contribution in [3.05, 3.63) is 53.8 Å². The fourth-order valence-corrected chi connectivity index (χ4v) is 3.01. The molecule has 1 saturated heterocycles. The summed E-state index contributed by atoms with van der Waals surface area (Å²) in [5.41, 5.74) is 1.35. The molecule has 0 amide bonds. The Morgan fingerprint density at radius 2 is 1.79 bits per heavy atom. The van der Waals surface area contributed by atoms with E-state index in [0.717, 1.165) is 0 Å². The molecule has 2 aromatic carbocycles. The summed E-state index contributed by atoms with van der Waals surface area (Å²) in [6, 6.07) is 10.5. The van der Waals surface area contributed by atoms with Crippen molar-refractivity contribution in [2.75, 3.05) is 13.7 Å². The number of carbonyl (C=O) groups excluding carboxylic acids is 1. The van der Waals surface area contributed by atoms with Crippen LogP contribution in [0.1, 0.15) is 10.4 Å². The Morgan fingerprint density at radius 3 is 2.45 bits per heavy atom. The molecule has 0 aliphatic carbocycles. The van der Waals surface area contributed by atoms with Gasteiger partial charge in [-0.15, -0.1) is 0 Å². The summed E-state index contributed by atoms with van der Waals surface area (Å²) in [7, 11) is 1.26. The van der Waals surface area contributed by atoms with Gasteiger partial charge in [0.1, 0.15) is 24.4 Å². The topological polar surface area (TPSA) is 126 Å². The zero-order valence-corrected chi connectivity index (χ0v) is 15.4. The second-order valence-electron chi connectivity index (χ2n) is 6.53. The van der Waals surface area contributed by atoms with Crippen LogP contribution in [0.15, 0.2) is 42.5 Å². The lowest BCUT2D eigenvalue weighted by Crippen LogP contribution is -2.60. The fraction of sp³-hybridized carbons (Fsp3) is 0.350. The molecule has 1 unspecified atom stereocenters. The maximum Gasteiger partial charge on any atom is 0.337 e. The number of halogens is 1. The highest BCUT2D eigenvalue weighted by molar-refractivity contribution is 5.91. The number of aliphatic hydroxyl groups excluding tert-OH is 4. The van der Waals surface area contributed by atoms with E-state index in [0.29, 0.717) is 16.7 Å². The molecule has 0 bridgehead atoms. The molecule has 5 atom stereocenters. The van der Waals surface area contributed by atoms with E-state index < -0.39 is 49.1 Å². The molecule has 8 nitrogen and oxygen atoms in total. The van der Waals surface area contributed by atoms with Crippen molar-refractivity contribution < 1.29 is 43.8 Å². The SMILES string of the molecule is COC(=O)c1cccc(-c2ccc(OC3O[C@@H](CO)[C@@H](O)[C@@H](O)[C@@H]3O)c(F)c2)c1. The lowest BCUT2D eigenvalue weighted by atomic mass is 9.99. The smallest absolute Gasteiger partial charge is 0.337 e. The standard InChI is InChI=1S/C20H21FO8/c1-27-19(26)12-4-2-3-10(7-12)11-5-6-14(13(21)8-11)28-20-18(25)17(24)16(23)15(9-22)29-20/h2-8,15-18,20,22-25H,9H2,1H3/t15-,16+,17+,18-,20?/m0/s1. The van der Waals surface area contributed by atoms with Crippen LogP contribution in [-0.4, -0.2) is 70.8 Å². The zero-order valence-electron chi connectivity index (χ0n) is 15.4. The number of hydrogen-bond acceptors (Lipinski definition) is 8. The molecule has 0 radical (unpaired) electrons. The number of hydrogen-bond donors (Lipinski definition) is 4. The van der Waals surface area contributed by atoms with Gasteiger partial charge in [0.05, 0.1) is 19.3 Å². The number of carbonyl (C=O) groups is 1. The van der Waals surface area contributed by atoms with Crippen molar-refractivity contribution in [2.24, 2.45) is 0 Å². The van der Waals surface area contributed by atoms with Gasteiger partial charge in [-0.25, -0.2) is 9.18 Å². The molecular formula is C20H21FO8. The van der Waals surface area contributed by atoms with Crippen molar-refractivity contribution in [1.29, 1.82) is 0 Å². The largest absolute Gasteiger partial charge is 0.465 e. The third kappa shape index (κ3) is 4.39. The highest BCUT2D eigenvalue weighted by Gasteiger charge is 2.44. The minimum atomic E-state index is -1.65. The summed E-state index contributed by atoms with van der Waals surface area (Å²) >= 11 is 0. The van der Waals surface area contributed by atoms with E-state index in [1.54, 1.807) is 30.3 Å². The van der Waals surface area contributed by atoms with Gasteiger partial charge in [-0.1, -0.05) is 18.2 Å². The molecule has 1 aliphatic rings. The van der Waals surface area contributed by atoms with E-state index in [9.17, 15) is 29.6 Å². The number of esters is 1. The monoisotopic (exact) mass is 408 g/mol. The van der Waals surface area contributed by atoms with E-state index in [1.165, 1.54) is 19.2 Å². The summed E-state index contributed by atoms with van der Waals surface area (Å²) in [5, 5.41) is 38.8. The van der Waals surface area contributed by atoms with Gasteiger partial charge < -0.3 is 34.6 Å². The molecule has 3 rings (SSSR count). The Hall–Kier alpha value is -2.56. The highest BCUT2D eigenvalue weighted by atomic mass is 19.1. The van der Waals surface area contributed by atoms with Gasteiger partial charge in [0.15, 0.2) is 11.6 Å². The van der Waals surface area contributed by atoms with E-state index in [-0.39, 0.29) is 5.75 Å². The summed E-state index contributed by atoms with van der Waals surface area (Å²) < 4.78 is 29.8. The Labute approximate surface area is 165 Å². The first-order valence-corrected chi connectivity index (χ1v) is 8.81. The summed E-state index contributed by atoms with van der Waals surface area (Å²) in [5.74, 6) is -1.56. The molecule has 0 spiro atoms. The predicted molar refractivity (Wildman–Crippen MR) is 97.6 cm³/mol. The summed E-state index contributed by atoms with van der Waals surface area (Å²) in [4.78, 5) is 11.7. The van der Waals surface area contributed by atoms with Crippen LogP contribution < -0.4 is 4.74 Å². The molecule has 4 N–H and O–H groups in total. The summed E-state index contributed by atoms with van der Waals surface area (Å²) in [6.45, 7) is -0.622. The average molecular weight is 408 g/mol. The molecule has 9 heteroatoms. The van der Waals surface area contributed by atoms with Gasteiger partial charge in [0.2, 0.25) is 6.29 Å². The molecule has 2 aromatic rings. The number of ether oxygens (including phenoxy) is 3. The molecular weight excluding hydrogens is 387 g/mol. The van der Waals surface area contributed by atoms with Gasteiger partial charge in [-0.2, -0.15) is 0 Å². The van der Waals surface area contributed by atoms with Gasteiger partial charge in [-0.3, -0.25) is 0 Å². The second kappa shape index (κ2) is 8.85. The van der Waals surface area contributed by atoms with Gasteiger partial charge in [0, 0.05) is 0 Å². The van der Waals surface area contributed by atoms with Crippen LogP contribution in [0.5, 0.6) is 5.75 Å². The van der Waals surface area contributed by atoms with Crippen LogP contribution in [0.25, 0.3) is 11.1 Å². The Balaban J connectivity index is 1.81. The van der Waals surface area contributed by atoms with Crippen LogP contribution in [0.3, 0.4) is 0 Å². The van der Waals surface area contributed by atoms with Crippen LogP contribution in [0.4, 0.5) is 4.39 Å². The normalized spacial score (nSPS) is 26.8. The van der Waals surface area contributed by atoms with Gasteiger partial charge in [0.25, 0.3) is 0 Å². The number of benzene rings is 2. The third-order valence-electron chi connectivity index (χ3n) is 4.64. The first-order chi connectivity index (χ1) is 13.8. The van der Waals surface area contributed by atoms with Crippen LogP contribution >= 0.6 is 0 Å². The minimum Gasteiger partial charge on any atom is -0.465 e. The number of rotatable bonds is 5. The highest BCUT2D eigenvalue weighted by Crippen LogP contribution is 2.29. The van der Waals surface area contributed by atoms with Crippen LogP contribution in [0, 0.1) is 5.82 Å². The fourth-order valence-electron chi connectivity index (χ4n) is 3.01. The lowest BCUT2D eigenvalue weighted by molar-refractivity contribution is -0.277. The van der Waals surface area contributed by atoms with E-state index in [1.807, 2.05) is 0 Å². The molecule has 1 heterocycles. The number of aliphatic hydroxyl groups is 4. The van der Waals surface area contributed by atoms with Crippen LogP contribution in [0.2, 0.25) is 0 Å². The average Bonchev–Trinajstić information content (AvgIpc) is 2.74. The third-order valence-corrected chi connectivity index (χ3v) is 4.64. The van der Waals surface area contributed by atoms with Crippen LogP contribution in [-0.2, 0) is 9.47 Å². The maximum absolute atomic E-state index is 14.6. The predicted octanol–water partition coefficient (Wildman–Crippen LogP) is 0.458.